The van der Waals surface area contributed by atoms with Crippen molar-refractivity contribution in [3.63, 3.8) is 0 Å². The molecule has 0 saturated heterocycles. The molecule has 0 aromatic heterocycles. The van der Waals surface area contributed by atoms with Crippen LogP contribution in [0.1, 0.15) is 85.3 Å². The Hall–Kier alpha value is -1.58. The zero-order chi connectivity index (χ0) is 23.6. The zero-order valence-corrected chi connectivity index (χ0v) is 22.6. The first-order chi connectivity index (χ1) is 15.3. The van der Waals surface area contributed by atoms with Crippen LogP contribution in [-0.2, 0) is 17.5 Å². The maximum Gasteiger partial charge on any atom is 0.200 e. The predicted molar refractivity (Wildman–Crippen MR) is 141 cm³/mol. The fourth-order valence-corrected chi connectivity index (χ4v) is 11.0. The van der Waals surface area contributed by atoms with Gasteiger partial charge in [0.25, 0.3) is 0 Å². The lowest BCUT2D eigenvalue weighted by molar-refractivity contribution is 0.178. The van der Waals surface area contributed by atoms with E-state index in [1.165, 1.54) is 30.4 Å². The Balaban J connectivity index is 1.79. The maximum atomic E-state index is 6.90. The van der Waals surface area contributed by atoms with Gasteiger partial charge in [-0.25, -0.2) is 0 Å². The Labute approximate surface area is 198 Å². The molecule has 1 unspecified atom stereocenters. The van der Waals surface area contributed by atoms with Gasteiger partial charge in [-0.1, -0.05) is 103 Å². The van der Waals surface area contributed by atoms with Gasteiger partial charge in [0.1, 0.15) is 12.4 Å². The Morgan fingerprint density at radius 1 is 0.688 bits per heavy atom. The van der Waals surface area contributed by atoms with Gasteiger partial charge in [-0.2, -0.15) is 0 Å². The molecule has 178 valence electrons. The lowest BCUT2D eigenvalue weighted by Gasteiger charge is -2.44. The van der Waals surface area contributed by atoms with E-state index in [0.717, 1.165) is 18.6 Å². The molecule has 0 aliphatic carbocycles. The Bertz CT molecular complexity index is 748. The van der Waals surface area contributed by atoms with Crippen LogP contribution in [0.2, 0.25) is 16.6 Å². The highest BCUT2D eigenvalue weighted by Gasteiger charge is 2.45. The van der Waals surface area contributed by atoms with E-state index >= 15 is 0 Å². The Kier molecular flexibility index (Phi) is 11.0. The first-order valence-corrected chi connectivity index (χ1v) is 14.8. The molecule has 0 aliphatic rings. The average Bonchev–Trinajstić information content (AvgIpc) is 2.76. The van der Waals surface area contributed by atoms with Crippen LogP contribution in [0.5, 0.6) is 5.75 Å². The smallest absolute Gasteiger partial charge is 0.200 e. The molecule has 2 aromatic carbocycles. The minimum Gasteiger partial charge on any atom is -0.489 e. The quantitative estimate of drug-likeness (QED) is 0.209. The van der Waals surface area contributed by atoms with E-state index in [1.54, 1.807) is 0 Å². The lowest BCUT2D eigenvalue weighted by Crippen LogP contribution is -2.49. The van der Waals surface area contributed by atoms with Crippen LogP contribution < -0.4 is 4.74 Å². The summed E-state index contributed by atoms with van der Waals surface area (Å²) in [5.74, 6) is 1.02. The van der Waals surface area contributed by atoms with Gasteiger partial charge in [0.2, 0.25) is 8.32 Å². The molecule has 2 aromatic rings. The molecule has 2 nitrogen and oxygen atoms in total. The molecule has 0 radical (unpaired) electrons. The second kappa shape index (κ2) is 13.2. The molecule has 0 bridgehead atoms. The van der Waals surface area contributed by atoms with Gasteiger partial charge in [-0.3, -0.25) is 0 Å². The summed E-state index contributed by atoms with van der Waals surface area (Å²) in [5, 5.41) is 0. The molecule has 0 saturated carbocycles. The van der Waals surface area contributed by atoms with Crippen molar-refractivity contribution in [2.45, 2.75) is 110 Å². The largest absolute Gasteiger partial charge is 0.489 e. The molecule has 0 fully saturated rings. The minimum atomic E-state index is -1.77. The first-order valence-electron chi connectivity index (χ1n) is 12.7. The highest BCUT2D eigenvalue weighted by Crippen LogP contribution is 2.43. The second-order valence-electron chi connectivity index (χ2n) is 10.2. The van der Waals surface area contributed by atoms with E-state index in [4.69, 9.17) is 9.16 Å². The van der Waals surface area contributed by atoms with Gasteiger partial charge >= 0.3 is 0 Å². The molecule has 1 atom stereocenters. The number of unbranched alkanes of at least 4 members (excludes halogenated alkanes) is 2. The standard InChI is InChI=1S/C29H46O2Si/c1-23(2)32(24(3)4,25(5)6)31-26(7)16-10-8-13-19-28-20-14-15-21-29(28)30-22-27-17-11-9-12-18-27/h9,11-12,14-15,17-18,20-21,23-26H,8,10,13,16,19,22H2,1-7H3. The molecular formula is C29H46O2Si. The van der Waals surface area contributed by atoms with E-state index in [-0.39, 0.29) is 0 Å². The summed E-state index contributed by atoms with van der Waals surface area (Å²) in [7, 11) is -1.77. The Morgan fingerprint density at radius 2 is 1.28 bits per heavy atom. The first kappa shape index (κ1) is 26.7. The van der Waals surface area contributed by atoms with Gasteiger partial charge in [-0.15, -0.1) is 0 Å². The third-order valence-electron chi connectivity index (χ3n) is 6.88. The zero-order valence-electron chi connectivity index (χ0n) is 21.6. The van der Waals surface area contributed by atoms with Crippen molar-refractivity contribution in [1.82, 2.24) is 0 Å². The van der Waals surface area contributed by atoms with Crippen molar-refractivity contribution in [1.29, 1.82) is 0 Å². The van der Waals surface area contributed by atoms with Crippen molar-refractivity contribution in [3.8, 4) is 5.75 Å². The summed E-state index contributed by atoms with van der Waals surface area (Å²) < 4.78 is 13.0. The fraction of sp³-hybridized carbons (Fsp3) is 0.586. The van der Waals surface area contributed by atoms with E-state index in [2.05, 4.69) is 97.0 Å². The highest BCUT2D eigenvalue weighted by molar-refractivity contribution is 6.77. The van der Waals surface area contributed by atoms with Crippen LogP contribution in [0.3, 0.4) is 0 Å². The van der Waals surface area contributed by atoms with E-state index in [1.807, 2.05) is 6.07 Å². The molecular weight excluding hydrogens is 408 g/mol. The fourth-order valence-electron chi connectivity index (χ4n) is 5.33. The van der Waals surface area contributed by atoms with Crippen LogP contribution in [0.25, 0.3) is 0 Å². The number of rotatable bonds is 14. The van der Waals surface area contributed by atoms with Gasteiger partial charge < -0.3 is 9.16 Å². The number of aryl methyl sites for hydroxylation is 1. The summed E-state index contributed by atoms with van der Waals surface area (Å²) in [4.78, 5) is 0. The topological polar surface area (TPSA) is 18.5 Å². The molecule has 0 amide bonds. The summed E-state index contributed by atoms with van der Waals surface area (Å²) >= 11 is 0. The van der Waals surface area contributed by atoms with Gasteiger partial charge in [0.15, 0.2) is 0 Å². The van der Waals surface area contributed by atoms with Crippen molar-refractivity contribution in [2.24, 2.45) is 0 Å². The third-order valence-corrected chi connectivity index (χ3v) is 13.1. The van der Waals surface area contributed by atoms with Gasteiger partial charge in [0.05, 0.1) is 0 Å². The Morgan fingerprint density at radius 3 is 1.91 bits per heavy atom. The van der Waals surface area contributed by atoms with Crippen molar-refractivity contribution < 1.29 is 9.16 Å². The van der Waals surface area contributed by atoms with E-state index < -0.39 is 8.32 Å². The van der Waals surface area contributed by atoms with Crippen LogP contribution in [0, 0.1) is 0 Å². The predicted octanol–water partition coefficient (Wildman–Crippen LogP) is 8.95. The van der Waals surface area contributed by atoms with Crippen LogP contribution in [-0.4, -0.2) is 14.4 Å². The van der Waals surface area contributed by atoms with Crippen LogP contribution in [0.4, 0.5) is 0 Å². The summed E-state index contributed by atoms with van der Waals surface area (Å²) in [5.41, 5.74) is 4.48. The van der Waals surface area contributed by atoms with Crippen molar-refractivity contribution in [3.05, 3.63) is 65.7 Å². The molecule has 0 aliphatic heterocycles. The molecule has 3 heteroatoms. The SMILES string of the molecule is CC(CCCCCc1ccccc1OCc1ccccc1)O[Si](C(C)C)(C(C)C)C(C)C. The van der Waals surface area contributed by atoms with E-state index in [0.29, 0.717) is 29.3 Å². The second-order valence-corrected chi connectivity index (χ2v) is 15.6. The van der Waals surface area contributed by atoms with Crippen LogP contribution >= 0.6 is 0 Å². The molecule has 0 spiro atoms. The average molecular weight is 455 g/mol. The molecule has 32 heavy (non-hydrogen) atoms. The number of ether oxygens (including phenoxy) is 1. The number of benzene rings is 2. The van der Waals surface area contributed by atoms with Crippen LogP contribution in [0.15, 0.2) is 54.6 Å². The van der Waals surface area contributed by atoms with Crippen molar-refractivity contribution in [2.75, 3.05) is 0 Å². The summed E-state index contributed by atoms with van der Waals surface area (Å²) in [6, 6.07) is 18.9. The number of para-hydroxylation sites is 1. The number of hydrogen-bond donors (Lipinski definition) is 0. The van der Waals surface area contributed by atoms with Crippen molar-refractivity contribution >= 4 is 8.32 Å². The molecule has 2 rings (SSSR count). The normalized spacial score (nSPS) is 13.2. The monoisotopic (exact) mass is 454 g/mol. The maximum absolute atomic E-state index is 6.90. The highest BCUT2D eigenvalue weighted by atomic mass is 28.4. The molecule has 0 N–H and O–H groups in total. The third kappa shape index (κ3) is 7.49. The number of hydrogen-bond acceptors (Lipinski definition) is 2. The van der Waals surface area contributed by atoms with Gasteiger partial charge in [0, 0.05) is 6.10 Å². The van der Waals surface area contributed by atoms with E-state index in [9.17, 15) is 0 Å². The molecule has 0 heterocycles. The summed E-state index contributed by atoms with van der Waals surface area (Å²) in [6.45, 7) is 17.1. The lowest BCUT2D eigenvalue weighted by atomic mass is 10.0. The minimum absolute atomic E-state index is 0.357. The summed E-state index contributed by atoms with van der Waals surface area (Å²) in [6.07, 6.45) is 6.25. The van der Waals surface area contributed by atoms with Gasteiger partial charge in [-0.05, 0) is 60.0 Å².